The molecule has 144 valence electrons. The van der Waals surface area contributed by atoms with E-state index in [-0.39, 0.29) is 24.2 Å². The lowest BCUT2D eigenvalue weighted by Gasteiger charge is -2.22. The molecule has 28 heavy (non-hydrogen) atoms. The Labute approximate surface area is 160 Å². The fraction of sp³-hybridized carbons (Fsp3) is 0.150. The molecule has 8 heteroatoms. The Hall–Kier alpha value is -3.55. The van der Waals surface area contributed by atoms with Crippen LogP contribution in [0.25, 0.3) is 5.69 Å². The number of hydrogen-bond acceptors (Lipinski definition) is 3. The predicted octanol–water partition coefficient (Wildman–Crippen LogP) is 2.98. The maximum absolute atomic E-state index is 14.1. The molecule has 1 aromatic heterocycles. The summed E-state index contributed by atoms with van der Waals surface area (Å²) < 4.78 is 28.7. The average molecular weight is 384 g/mol. The van der Waals surface area contributed by atoms with E-state index in [1.54, 1.807) is 25.1 Å². The summed E-state index contributed by atoms with van der Waals surface area (Å²) in [5, 5.41) is 4.13. The number of nitrogens with zero attached hydrogens (tertiary/aromatic N) is 3. The first-order valence-corrected chi connectivity index (χ1v) is 8.53. The summed E-state index contributed by atoms with van der Waals surface area (Å²) in [4.78, 5) is 25.7. The standard InChI is InChI=1S/C20H18F2N4O2/c1-13-16(12-24-26(13)18-5-3-2-4-17(18)22)20(28)25(11-10-19(23)27)15-8-6-14(21)7-9-15/h2-9,12H,10-11H2,1H3,(H2,23,27). The molecule has 2 aromatic carbocycles. The van der Waals surface area contributed by atoms with Gasteiger partial charge in [-0.1, -0.05) is 12.1 Å². The average Bonchev–Trinajstić information content (AvgIpc) is 3.04. The Morgan fingerprint density at radius 1 is 1.11 bits per heavy atom. The zero-order valence-corrected chi connectivity index (χ0v) is 15.1. The quantitative estimate of drug-likeness (QED) is 0.709. The molecule has 0 aliphatic rings. The first-order chi connectivity index (χ1) is 13.4. The van der Waals surface area contributed by atoms with Gasteiger partial charge in [0.15, 0.2) is 0 Å². The lowest BCUT2D eigenvalue weighted by Crippen LogP contribution is -2.34. The lowest BCUT2D eigenvalue weighted by atomic mass is 10.2. The minimum Gasteiger partial charge on any atom is -0.370 e. The third kappa shape index (κ3) is 3.90. The Bertz CT molecular complexity index is 1020. The lowest BCUT2D eigenvalue weighted by molar-refractivity contribution is -0.117. The number of benzene rings is 2. The van der Waals surface area contributed by atoms with Gasteiger partial charge < -0.3 is 10.6 Å². The molecule has 0 spiro atoms. The number of hydrogen-bond donors (Lipinski definition) is 1. The van der Waals surface area contributed by atoms with E-state index in [9.17, 15) is 18.4 Å². The smallest absolute Gasteiger partial charge is 0.261 e. The number of para-hydroxylation sites is 1. The van der Waals surface area contributed by atoms with Gasteiger partial charge in [-0.2, -0.15) is 5.10 Å². The maximum Gasteiger partial charge on any atom is 0.261 e. The Morgan fingerprint density at radius 3 is 2.43 bits per heavy atom. The van der Waals surface area contributed by atoms with Gasteiger partial charge >= 0.3 is 0 Å². The Morgan fingerprint density at radius 2 is 1.79 bits per heavy atom. The molecule has 0 saturated heterocycles. The van der Waals surface area contributed by atoms with Crippen LogP contribution in [-0.4, -0.2) is 28.1 Å². The van der Waals surface area contributed by atoms with Crippen molar-refractivity contribution in [1.82, 2.24) is 9.78 Å². The predicted molar refractivity (Wildman–Crippen MR) is 100 cm³/mol. The van der Waals surface area contributed by atoms with Crippen molar-refractivity contribution >= 4 is 17.5 Å². The number of primary amides is 1. The van der Waals surface area contributed by atoms with E-state index in [0.29, 0.717) is 11.4 Å². The number of nitrogens with two attached hydrogens (primary N) is 1. The van der Waals surface area contributed by atoms with Gasteiger partial charge in [-0.15, -0.1) is 0 Å². The molecule has 1 heterocycles. The van der Waals surface area contributed by atoms with Crippen LogP contribution in [0.5, 0.6) is 0 Å². The number of rotatable bonds is 6. The summed E-state index contributed by atoms with van der Waals surface area (Å²) >= 11 is 0. The van der Waals surface area contributed by atoms with Crippen LogP contribution in [0.4, 0.5) is 14.5 Å². The fourth-order valence-corrected chi connectivity index (χ4v) is 2.82. The van der Waals surface area contributed by atoms with E-state index >= 15 is 0 Å². The van der Waals surface area contributed by atoms with Crippen LogP contribution in [0, 0.1) is 18.6 Å². The van der Waals surface area contributed by atoms with Gasteiger partial charge in [-0.3, -0.25) is 9.59 Å². The highest BCUT2D eigenvalue weighted by atomic mass is 19.1. The second-order valence-corrected chi connectivity index (χ2v) is 6.16. The van der Waals surface area contributed by atoms with Crippen molar-refractivity contribution in [3.63, 3.8) is 0 Å². The highest BCUT2D eigenvalue weighted by Gasteiger charge is 2.23. The van der Waals surface area contributed by atoms with Gasteiger partial charge in [0.05, 0.1) is 17.5 Å². The van der Waals surface area contributed by atoms with E-state index in [1.165, 1.54) is 46.1 Å². The molecule has 2 N–H and O–H groups in total. The molecule has 0 radical (unpaired) electrons. The van der Waals surface area contributed by atoms with Crippen molar-refractivity contribution in [2.75, 3.05) is 11.4 Å². The summed E-state index contributed by atoms with van der Waals surface area (Å²) in [7, 11) is 0. The van der Waals surface area contributed by atoms with Crippen molar-refractivity contribution in [2.45, 2.75) is 13.3 Å². The molecule has 2 amide bonds. The number of halogens is 2. The molecule has 6 nitrogen and oxygen atoms in total. The first kappa shape index (κ1) is 19.2. The van der Waals surface area contributed by atoms with Crippen molar-refractivity contribution in [2.24, 2.45) is 5.73 Å². The van der Waals surface area contributed by atoms with Crippen LogP contribution in [0.1, 0.15) is 22.5 Å². The number of carbonyl (C=O) groups excluding carboxylic acids is 2. The van der Waals surface area contributed by atoms with Crippen LogP contribution < -0.4 is 10.6 Å². The SMILES string of the molecule is Cc1c(C(=O)N(CCC(N)=O)c2ccc(F)cc2)cnn1-c1ccccc1F. The molecule has 0 aliphatic heterocycles. The Balaban J connectivity index is 1.98. The van der Waals surface area contributed by atoms with Crippen molar-refractivity contribution < 1.29 is 18.4 Å². The van der Waals surface area contributed by atoms with Gasteiger partial charge in [-0.25, -0.2) is 13.5 Å². The second-order valence-electron chi connectivity index (χ2n) is 6.16. The molecular formula is C20H18F2N4O2. The van der Waals surface area contributed by atoms with Crippen LogP contribution in [-0.2, 0) is 4.79 Å². The zero-order valence-electron chi connectivity index (χ0n) is 15.1. The molecule has 0 saturated carbocycles. The molecular weight excluding hydrogens is 366 g/mol. The number of aromatic nitrogens is 2. The van der Waals surface area contributed by atoms with E-state index in [4.69, 9.17) is 5.73 Å². The molecule has 0 bridgehead atoms. The van der Waals surface area contributed by atoms with E-state index in [0.717, 1.165) is 0 Å². The molecule has 3 aromatic rings. The van der Waals surface area contributed by atoms with Crippen LogP contribution in [0.2, 0.25) is 0 Å². The third-order valence-corrected chi connectivity index (χ3v) is 4.29. The Kier molecular flexibility index (Phi) is 5.49. The minimum atomic E-state index is -0.571. The van der Waals surface area contributed by atoms with E-state index < -0.39 is 23.4 Å². The van der Waals surface area contributed by atoms with Gasteiger partial charge in [0.1, 0.15) is 17.3 Å². The number of amides is 2. The number of carbonyl (C=O) groups is 2. The normalized spacial score (nSPS) is 10.7. The zero-order chi connectivity index (χ0) is 20.3. The summed E-state index contributed by atoms with van der Waals surface area (Å²) in [5.74, 6) is -1.95. The summed E-state index contributed by atoms with van der Waals surface area (Å²) in [6.07, 6.45) is 1.27. The summed E-state index contributed by atoms with van der Waals surface area (Å²) in [6.45, 7) is 1.66. The largest absolute Gasteiger partial charge is 0.370 e. The van der Waals surface area contributed by atoms with Crippen LogP contribution >= 0.6 is 0 Å². The monoisotopic (exact) mass is 384 g/mol. The van der Waals surface area contributed by atoms with Crippen molar-refractivity contribution in [1.29, 1.82) is 0 Å². The fourth-order valence-electron chi connectivity index (χ4n) is 2.82. The van der Waals surface area contributed by atoms with Gasteiger partial charge in [-0.05, 0) is 43.3 Å². The molecule has 0 unspecified atom stereocenters. The minimum absolute atomic E-state index is 0.0180. The van der Waals surface area contributed by atoms with E-state index in [1.807, 2.05) is 0 Å². The topological polar surface area (TPSA) is 81.2 Å². The van der Waals surface area contributed by atoms with E-state index in [2.05, 4.69) is 5.10 Å². The van der Waals surface area contributed by atoms with Gasteiger partial charge in [0, 0.05) is 18.7 Å². The van der Waals surface area contributed by atoms with Crippen molar-refractivity contribution in [3.8, 4) is 5.69 Å². The highest BCUT2D eigenvalue weighted by molar-refractivity contribution is 6.07. The van der Waals surface area contributed by atoms with Gasteiger partial charge in [0.25, 0.3) is 5.91 Å². The molecule has 0 atom stereocenters. The van der Waals surface area contributed by atoms with Crippen molar-refractivity contribution in [3.05, 3.63) is 77.6 Å². The molecule has 0 aliphatic carbocycles. The first-order valence-electron chi connectivity index (χ1n) is 8.53. The highest BCUT2D eigenvalue weighted by Crippen LogP contribution is 2.22. The molecule has 3 rings (SSSR count). The van der Waals surface area contributed by atoms with Crippen LogP contribution in [0.3, 0.4) is 0 Å². The summed E-state index contributed by atoms with van der Waals surface area (Å²) in [5.41, 5.74) is 6.50. The second kappa shape index (κ2) is 7.99. The summed E-state index contributed by atoms with van der Waals surface area (Å²) in [6, 6.07) is 11.4. The van der Waals surface area contributed by atoms with Gasteiger partial charge in [0.2, 0.25) is 5.91 Å². The van der Waals surface area contributed by atoms with Crippen LogP contribution in [0.15, 0.2) is 54.7 Å². The third-order valence-electron chi connectivity index (χ3n) is 4.29. The molecule has 0 fully saturated rings. The maximum atomic E-state index is 14.1. The number of anilines is 1.